The van der Waals surface area contributed by atoms with Crippen molar-refractivity contribution in [2.24, 2.45) is 5.73 Å². The lowest BCUT2D eigenvalue weighted by Gasteiger charge is -2.14. The van der Waals surface area contributed by atoms with Gasteiger partial charge in [-0.1, -0.05) is 36.4 Å². The maximum atomic E-state index is 5.91. The topological polar surface area (TPSA) is 62.3 Å². The van der Waals surface area contributed by atoms with Gasteiger partial charge in [0.2, 0.25) is 6.79 Å². The van der Waals surface area contributed by atoms with Crippen LogP contribution in [0.3, 0.4) is 0 Å². The van der Waals surface area contributed by atoms with Crippen molar-refractivity contribution < 1.29 is 9.47 Å². The van der Waals surface area contributed by atoms with Crippen molar-refractivity contribution in [2.45, 2.75) is 13.0 Å². The molecule has 1 aliphatic rings. The van der Waals surface area contributed by atoms with E-state index in [1.165, 1.54) is 0 Å². The minimum atomic E-state index is 0.130. The van der Waals surface area contributed by atoms with E-state index < -0.39 is 0 Å². The molecular formula is C19H19N3O2. The minimum Gasteiger partial charge on any atom is -0.454 e. The number of rotatable bonds is 4. The molecule has 1 unspecified atom stereocenters. The van der Waals surface area contributed by atoms with Gasteiger partial charge < -0.3 is 19.8 Å². The van der Waals surface area contributed by atoms with Crippen molar-refractivity contribution in [1.82, 2.24) is 9.55 Å². The van der Waals surface area contributed by atoms with Crippen LogP contribution in [0.5, 0.6) is 11.5 Å². The van der Waals surface area contributed by atoms with E-state index in [1.54, 1.807) is 0 Å². The Morgan fingerprint density at radius 3 is 2.67 bits per heavy atom. The van der Waals surface area contributed by atoms with E-state index in [2.05, 4.69) is 29.7 Å². The number of nitrogens with zero attached hydrogens (tertiary/aromatic N) is 2. The van der Waals surface area contributed by atoms with E-state index in [-0.39, 0.29) is 12.8 Å². The van der Waals surface area contributed by atoms with Gasteiger partial charge in [0.1, 0.15) is 5.82 Å². The van der Waals surface area contributed by atoms with E-state index in [1.807, 2.05) is 36.4 Å². The van der Waals surface area contributed by atoms with E-state index in [4.69, 9.17) is 20.2 Å². The van der Waals surface area contributed by atoms with Crippen molar-refractivity contribution in [3.63, 3.8) is 0 Å². The van der Waals surface area contributed by atoms with E-state index in [9.17, 15) is 0 Å². The molecule has 2 heterocycles. The number of nitrogens with two attached hydrogens (primary N) is 1. The third kappa shape index (κ3) is 2.53. The Morgan fingerprint density at radius 2 is 1.92 bits per heavy atom. The Bertz CT molecular complexity index is 900. The zero-order valence-corrected chi connectivity index (χ0v) is 13.5. The van der Waals surface area contributed by atoms with Gasteiger partial charge in [-0.25, -0.2) is 4.98 Å². The van der Waals surface area contributed by atoms with Crippen LogP contribution in [0, 0.1) is 0 Å². The molecule has 0 saturated carbocycles. The van der Waals surface area contributed by atoms with Crippen molar-refractivity contribution in [2.75, 3.05) is 13.3 Å². The van der Waals surface area contributed by atoms with Gasteiger partial charge in [0.15, 0.2) is 11.5 Å². The molecule has 5 nitrogen and oxygen atoms in total. The van der Waals surface area contributed by atoms with Crippen molar-refractivity contribution in [1.29, 1.82) is 0 Å². The van der Waals surface area contributed by atoms with E-state index in [0.29, 0.717) is 6.54 Å². The molecule has 24 heavy (non-hydrogen) atoms. The van der Waals surface area contributed by atoms with Crippen LogP contribution in [0.2, 0.25) is 0 Å². The molecule has 0 radical (unpaired) electrons. The van der Waals surface area contributed by atoms with Gasteiger partial charge in [-0.2, -0.15) is 0 Å². The molecular weight excluding hydrogens is 302 g/mol. The molecule has 3 aromatic rings. The quantitative estimate of drug-likeness (QED) is 0.799. The molecule has 0 aliphatic carbocycles. The smallest absolute Gasteiger partial charge is 0.231 e. The first-order valence-electron chi connectivity index (χ1n) is 8.01. The zero-order valence-electron chi connectivity index (χ0n) is 13.5. The Balaban J connectivity index is 1.83. The standard InChI is InChI=1S/C19H19N3O2/c1-13(11-20)22-16-10-18-17(23-12-24-18)9-15(16)21-19(22)8-7-14-5-3-2-4-6-14/h2-10,13H,11-12,20H2,1H3/b8-7+. The molecule has 2 N–H and O–H groups in total. The molecule has 0 fully saturated rings. The monoisotopic (exact) mass is 321 g/mol. The average Bonchev–Trinajstić information content (AvgIpc) is 3.21. The summed E-state index contributed by atoms with van der Waals surface area (Å²) in [6.07, 6.45) is 4.08. The lowest BCUT2D eigenvalue weighted by molar-refractivity contribution is 0.174. The number of aromatic nitrogens is 2. The number of ether oxygens (including phenoxy) is 2. The molecule has 0 amide bonds. The molecule has 1 aliphatic heterocycles. The summed E-state index contributed by atoms with van der Waals surface area (Å²) in [6, 6.07) is 14.2. The highest BCUT2D eigenvalue weighted by molar-refractivity contribution is 5.83. The van der Waals surface area contributed by atoms with Crippen LogP contribution >= 0.6 is 0 Å². The lowest BCUT2D eigenvalue weighted by atomic mass is 10.2. The van der Waals surface area contributed by atoms with Gasteiger partial charge in [-0.05, 0) is 18.6 Å². The first kappa shape index (κ1) is 14.8. The molecule has 0 spiro atoms. The normalized spacial score (nSPS) is 14.6. The summed E-state index contributed by atoms with van der Waals surface area (Å²) in [4.78, 5) is 4.76. The van der Waals surface area contributed by atoms with Gasteiger partial charge in [0, 0.05) is 24.7 Å². The maximum absolute atomic E-state index is 5.91. The Kier molecular flexibility index (Phi) is 3.70. The van der Waals surface area contributed by atoms with Crippen molar-refractivity contribution in [3.05, 3.63) is 53.9 Å². The third-order valence-corrected chi connectivity index (χ3v) is 4.22. The molecule has 2 aromatic carbocycles. The van der Waals surface area contributed by atoms with E-state index >= 15 is 0 Å². The Hall–Kier alpha value is -2.79. The fraction of sp³-hybridized carbons (Fsp3) is 0.211. The molecule has 0 bridgehead atoms. The van der Waals surface area contributed by atoms with E-state index in [0.717, 1.165) is 33.9 Å². The van der Waals surface area contributed by atoms with Crippen LogP contribution in [0.1, 0.15) is 24.4 Å². The maximum Gasteiger partial charge on any atom is 0.231 e. The molecule has 122 valence electrons. The number of fused-ring (bicyclic) bond motifs is 2. The second-order valence-corrected chi connectivity index (χ2v) is 5.86. The summed E-state index contributed by atoms with van der Waals surface area (Å²) in [6.45, 7) is 2.88. The Labute approximate surface area is 140 Å². The fourth-order valence-corrected chi connectivity index (χ4v) is 2.92. The number of benzene rings is 2. The second kappa shape index (κ2) is 6.02. The fourth-order valence-electron chi connectivity index (χ4n) is 2.92. The number of imidazole rings is 1. The summed E-state index contributed by atoms with van der Waals surface area (Å²) in [5, 5.41) is 0. The number of hydrogen-bond acceptors (Lipinski definition) is 4. The SMILES string of the molecule is CC(CN)n1c(/C=C/c2ccccc2)nc2cc3c(cc21)OCO3. The van der Waals surface area contributed by atoms with Gasteiger partial charge in [-0.15, -0.1) is 0 Å². The molecule has 0 saturated heterocycles. The van der Waals surface area contributed by atoms with Gasteiger partial charge in [0.25, 0.3) is 0 Å². The third-order valence-electron chi connectivity index (χ3n) is 4.22. The lowest BCUT2D eigenvalue weighted by Crippen LogP contribution is -2.17. The molecule has 5 heteroatoms. The summed E-state index contributed by atoms with van der Waals surface area (Å²) >= 11 is 0. The highest BCUT2D eigenvalue weighted by Crippen LogP contribution is 2.37. The second-order valence-electron chi connectivity index (χ2n) is 5.86. The molecule has 1 atom stereocenters. The molecule has 1 aromatic heterocycles. The zero-order chi connectivity index (χ0) is 16.5. The van der Waals surface area contributed by atoms with Gasteiger partial charge in [-0.3, -0.25) is 0 Å². The Morgan fingerprint density at radius 1 is 1.17 bits per heavy atom. The van der Waals surface area contributed by atoms with Crippen LogP contribution in [-0.4, -0.2) is 22.9 Å². The highest BCUT2D eigenvalue weighted by Gasteiger charge is 2.20. The summed E-state index contributed by atoms with van der Waals surface area (Å²) < 4.78 is 13.1. The summed E-state index contributed by atoms with van der Waals surface area (Å²) in [5.41, 5.74) is 8.93. The minimum absolute atomic E-state index is 0.130. The number of hydrogen-bond donors (Lipinski definition) is 1. The summed E-state index contributed by atoms with van der Waals surface area (Å²) in [7, 11) is 0. The first-order chi connectivity index (χ1) is 11.8. The highest BCUT2D eigenvalue weighted by atomic mass is 16.7. The molecule has 4 rings (SSSR count). The van der Waals surface area contributed by atoms with Crippen molar-refractivity contribution in [3.8, 4) is 11.5 Å². The van der Waals surface area contributed by atoms with Gasteiger partial charge in [0.05, 0.1) is 11.0 Å². The van der Waals surface area contributed by atoms with Crippen LogP contribution in [-0.2, 0) is 0 Å². The van der Waals surface area contributed by atoms with Crippen LogP contribution < -0.4 is 15.2 Å². The largest absolute Gasteiger partial charge is 0.454 e. The average molecular weight is 321 g/mol. The van der Waals surface area contributed by atoms with Crippen LogP contribution in [0.4, 0.5) is 0 Å². The van der Waals surface area contributed by atoms with Gasteiger partial charge >= 0.3 is 0 Å². The first-order valence-corrected chi connectivity index (χ1v) is 8.01. The predicted octanol–water partition coefficient (Wildman–Crippen LogP) is 3.46. The van der Waals surface area contributed by atoms with Crippen molar-refractivity contribution >= 4 is 23.2 Å². The van der Waals surface area contributed by atoms with Crippen LogP contribution in [0.25, 0.3) is 23.2 Å². The summed E-state index contributed by atoms with van der Waals surface area (Å²) in [5.74, 6) is 2.37. The predicted molar refractivity (Wildman–Crippen MR) is 95.0 cm³/mol. The van der Waals surface area contributed by atoms with Crippen LogP contribution in [0.15, 0.2) is 42.5 Å².